The summed E-state index contributed by atoms with van der Waals surface area (Å²) >= 11 is 7.28. The Bertz CT molecular complexity index is 1420. The highest BCUT2D eigenvalue weighted by molar-refractivity contribution is 7.07. The van der Waals surface area contributed by atoms with Crippen molar-refractivity contribution in [1.82, 2.24) is 4.57 Å². The van der Waals surface area contributed by atoms with E-state index >= 15 is 0 Å². The maximum absolute atomic E-state index is 13.6. The molecule has 34 heavy (non-hydrogen) atoms. The standard InChI is InChI=1S/C26H25ClN2O4S/c1-5-32-25(31)22-16(4)28-26-29(23(22)18-8-12-20(13-9-18)33-15(2)3)24(30)21(34-26)14-17-6-10-19(27)11-7-17/h6-15,23H,5H2,1-4H3/b21-14-/t23-/m0/s1. The van der Waals surface area contributed by atoms with Crippen molar-refractivity contribution in [2.45, 2.75) is 39.8 Å². The van der Waals surface area contributed by atoms with Crippen LogP contribution < -0.4 is 19.6 Å². The normalized spacial score (nSPS) is 15.8. The lowest BCUT2D eigenvalue weighted by molar-refractivity contribution is -0.139. The minimum absolute atomic E-state index is 0.0358. The number of benzene rings is 2. The number of carbonyl (C=O) groups excluding carboxylic acids is 1. The molecule has 2 heterocycles. The largest absolute Gasteiger partial charge is 0.491 e. The molecule has 0 aliphatic carbocycles. The van der Waals surface area contributed by atoms with E-state index in [0.717, 1.165) is 11.1 Å². The smallest absolute Gasteiger partial charge is 0.338 e. The van der Waals surface area contributed by atoms with E-state index in [-0.39, 0.29) is 18.3 Å². The van der Waals surface area contributed by atoms with Crippen LogP contribution in [-0.2, 0) is 9.53 Å². The fourth-order valence-electron chi connectivity index (χ4n) is 3.82. The molecule has 0 radical (unpaired) electrons. The number of halogens is 1. The number of thiazole rings is 1. The highest BCUT2D eigenvalue weighted by Crippen LogP contribution is 2.31. The predicted molar refractivity (Wildman–Crippen MR) is 134 cm³/mol. The van der Waals surface area contributed by atoms with Gasteiger partial charge in [-0.1, -0.05) is 47.2 Å². The Morgan fingerprint density at radius 2 is 1.85 bits per heavy atom. The Morgan fingerprint density at radius 3 is 2.47 bits per heavy atom. The number of rotatable bonds is 6. The second kappa shape index (κ2) is 9.99. The monoisotopic (exact) mass is 496 g/mol. The summed E-state index contributed by atoms with van der Waals surface area (Å²) in [6.07, 6.45) is 1.84. The average molecular weight is 497 g/mol. The molecule has 6 nitrogen and oxygen atoms in total. The number of fused-ring (bicyclic) bond motifs is 1. The molecule has 0 spiro atoms. The second-order valence-electron chi connectivity index (χ2n) is 8.09. The van der Waals surface area contributed by atoms with E-state index in [4.69, 9.17) is 21.1 Å². The molecule has 1 aromatic heterocycles. The zero-order valence-corrected chi connectivity index (χ0v) is 20.9. The van der Waals surface area contributed by atoms with Gasteiger partial charge in [0.05, 0.1) is 34.6 Å². The molecule has 2 aromatic carbocycles. The maximum atomic E-state index is 13.6. The maximum Gasteiger partial charge on any atom is 0.338 e. The number of ether oxygens (including phenoxy) is 2. The van der Waals surface area contributed by atoms with Crippen LogP contribution >= 0.6 is 22.9 Å². The summed E-state index contributed by atoms with van der Waals surface area (Å²) in [5.74, 6) is 0.232. The van der Waals surface area contributed by atoms with Gasteiger partial charge in [-0.05, 0) is 69.2 Å². The van der Waals surface area contributed by atoms with Crippen LogP contribution in [0, 0.1) is 0 Å². The zero-order valence-electron chi connectivity index (χ0n) is 19.4. The van der Waals surface area contributed by atoms with Crippen molar-refractivity contribution in [2.24, 2.45) is 4.99 Å². The number of hydrogen-bond acceptors (Lipinski definition) is 6. The van der Waals surface area contributed by atoms with Gasteiger partial charge in [0.15, 0.2) is 4.80 Å². The summed E-state index contributed by atoms with van der Waals surface area (Å²) < 4.78 is 13.2. The zero-order chi connectivity index (χ0) is 24.4. The molecule has 176 valence electrons. The van der Waals surface area contributed by atoms with Crippen LogP contribution in [0.2, 0.25) is 5.02 Å². The van der Waals surface area contributed by atoms with Gasteiger partial charge in [0.1, 0.15) is 5.75 Å². The van der Waals surface area contributed by atoms with E-state index in [1.54, 1.807) is 36.6 Å². The van der Waals surface area contributed by atoms with Gasteiger partial charge in [-0.25, -0.2) is 9.79 Å². The first-order valence-corrected chi connectivity index (χ1v) is 12.2. The van der Waals surface area contributed by atoms with Crippen LogP contribution in [0.25, 0.3) is 6.08 Å². The number of nitrogens with zero attached hydrogens (tertiary/aromatic N) is 2. The molecule has 1 aliphatic rings. The summed E-state index contributed by atoms with van der Waals surface area (Å²) in [6.45, 7) is 7.66. The first-order valence-electron chi connectivity index (χ1n) is 11.0. The molecule has 0 unspecified atom stereocenters. The fourth-order valence-corrected chi connectivity index (χ4v) is 4.99. The SMILES string of the molecule is CCOC(=O)C1=C(C)N=c2s/c(=C\c3ccc(Cl)cc3)c(=O)n2[C@H]1c1ccc(OC(C)C)cc1. The van der Waals surface area contributed by atoms with Crippen molar-refractivity contribution in [2.75, 3.05) is 6.61 Å². The number of carbonyl (C=O) groups is 1. The Kier molecular flexibility index (Phi) is 7.05. The van der Waals surface area contributed by atoms with Crippen molar-refractivity contribution in [3.8, 4) is 5.75 Å². The van der Waals surface area contributed by atoms with E-state index in [2.05, 4.69) is 4.99 Å². The lowest BCUT2D eigenvalue weighted by Crippen LogP contribution is -2.39. The minimum Gasteiger partial charge on any atom is -0.491 e. The van der Waals surface area contributed by atoms with Gasteiger partial charge in [0.2, 0.25) is 0 Å². The lowest BCUT2D eigenvalue weighted by Gasteiger charge is -2.25. The van der Waals surface area contributed by atoms with Crippen molar-refractivity contribution in [3.63, 3.8) is 0 Å². The van der Waals surface area contributed by atoms with Gasteiger partial charge < -0.3 is 9.47 Å². The lowest BCUT2D eigenvalue weighted by atomic mass is 9.96. The average Bonchev–Trinajstić information content (AvgIpc) is 3.09. The van der Waals surface area contributed by atoms with Gasteiger partial charge in [-0.3, -0.25) is 9.36 Å². The van der Waals surface area contributed by atoms with Crippen LogP contribution in [0.5, 0.6) is 5.75 Å². The van der Waals surface area contributed by atoms with Crippen molar-refractivity contribution in [1.29, 1.82) is 0 Å². The molecule has 0 bridgehead atoms. The first-order chi connectivity index (χ1) is 16.3. The number of hydrogen-bond donors (Lipinski definition) is 0. The topological polar surface area (TPSA) is 69.9 Å². The van der Waals surface area contributed by atoms with Crippen molar-refractivity contribution >= 4 is 35.0 Å². The third kappa shape index (κ3) is 4.86. The summed E-state index contributed by atoms with van der Waals surface area (Å²) in [7, 11) is 0. The first kappa shape index (κ1) is 24.0. The summed E-state index contributed by atoms with van der Waals surface area (Å²) in [4.78, 5) is 31.7. The van der Waals surface area contributed by atoms with Crippen LogP contribution in [0.1, 0.15) is 44.9 Å². The molecule has 3 aromatic rings. The second-order valence-corrected chi connectivity index (χ2v) is 9.54. The molecule has 0 saturated heterocycles. The molecule has 8 heteroatoms. The van der Waals surface area contributed by atoms with E-state index in [1.807, 2.05) is 50.2 Å². The van der Waals surface area contributed by atoms with Gasteiger partial charge in [-0.2, -0.15) is 0 Å². The quantitative estimate of drug-likeness (QED) is 0.479. The predicted octanol–water partition coefficient (Wildman–Crippen LogP) is 4.24. The van der Waals surface area contributed by atoms with Crippen LogP contribution in [0.3, 0.4) is 0 Å². The Labute approximate surface area is 206 Å². The molecular formula is C26H25ClN2O4S. The Morgan fingerprint density at radius 1 is 1.18 bits per heavy atom. The fraction of sp³-hybridized carbons (Fsp3) is 0.269. The van der Waals surface area contributed by atoms with Gasteiger partial charge in [-0.15, -0.1) is 0 Å². The van der Waals surface area contributed by atoms with Gasteiger partial charge >= 0.3 is 5.97 Å². The molecule has 1 aliphatic heterocycles. The highest BCUT2D eigenvalue weighted by atomic mass is 35.5. The molecule has 0 fully saturated rings. The number of esters is 1. The van der Waals surface area contributed by atoms with Crippen LogP contribution in [0.15, 0.2) is 69.6 Å². The van der Waals surface area contributed by atoms with Crippen LogP contribution in [0.4, 0.5) is 0 Å². The molecule has 0 saturated carbocycles. The Hall–Kier alpha value is -3.16. The molecule has 0 amide bonds. The number of allylic oxidation sites excluding steroid dienone is 1. The van der Waals surface area contributed by atoms with Crippen molar-refractivity contribution < 1.29 is 14.3 Å². The number of aromatic nitrogens is 1. The summed E-state index contributed by atoms with van der Waals surface area (Å²) in [5, 5.41) is 0.623. The van der Waals surface area contributed by atoms with E-state index in [0.29, 0.717) is 31.4 Å². The van der Waals surface area contributed by atoms with Gasteiger partial charge in [0.25, 0.3) is 5.56 Å². The van der Waals surface area contributed by atoms with Gasteiger partial charge in [0, 0.05) is 5.02 Å². The van der Waals surface area contributed by atoms with Crippen molar-refractivity contribution in [3.05, 3.63) is 95.6 Å². The molecular weight excluding hydrogens is 472 g/mol. The molecule has 0 N–H and O–H groups in total. The highest BCUT2D eigenvalue weighted by Gasteiger charge is 2.33. The summed E-state index contributed by atoms with van der Waals surface area (Å²) in [5.41, 5.74) is 2.28. The summed E-state index contributed by atoms with van der Waals surface area (Å²) in [6, 6.07) is 14.0. The van der Waals surface area contributed by atoms with E-state index in [1.165, 1.54) is 11.3 Å². The molecule has 4 rings (SSSR count). The Balaban J connectivity index is 1.89. The minimum atomic E-state index is -0.657. The van der Waals surface area contributed by atoms with Crippen LogP contribution in [-0.4, -0.2) is 23.2 Å². The van der Waals surface area contributed by atoms with E-state index in [9.17, 15) is 9.59 Å². The third-order valence-corrected chi connectivity index (χ3v) is 6.49. The third-order valence-electron chi connectivity index (χ3n) is 5.25. The van der Waals surface area contributed by atoms with E-state index < -0.39 is 12.0 Å². The molecule has 1 atom stereocenters.